The fourth-order valence-electron chi connectivity index (χ4n) is 4.06. The number of morpholine rings is 1. The highest BCUT2D eigenvalue weighted by molar-refractivity contribution is 7.99. The highest BCUT2D eigenvalue weighted by Gasteiger charge is 2.18. The van der Waals surface area contributed by atoms with E-state index in [0.717, 1.165) is 61.5 Å². The van der Waals surface area contributed by atoms with Gasteiger partial charge in [0, 0.05) is 61.2 Å². The molecule has 5 rings (SSSR count). The van der Waals surface area contributed by atoms with Gasteiger partial charge in [0.25, 0.3) is 0 Å². The van der Waals surface area contributed by atoms with Crippen molar-refractivity contribution in [1.82, 2.24) is 9.97 Å². The molecule has 5 nitrogen and oxygen atoms in total. The number of rotatable bonds is 5. The lowest BCUT2D eigenvalue weighted by Gasteiger charge is -2.29. The number of hydrogen-bond acceptors (Lipinski definition) is 7. The first-order valence-electron chi connectivity index (χ1n) is 11.0. The van der Waals surface area contributed by atoms with Crippen LogP contribution in [0.25, 0.3) is 22.5 Å². The Morgan fingerprint density at radius 2 is 1.62 bits per heavy atom. The molecule has 1 aromatic heterocycles. The molecule has 32 heavy (non-hydrogen) atoms. The average Bonchev–Trinajstić information content (AvgIpc) is 2.89. The van der Waals surface area contributed by atoms with Crippen molar-refractivity contribution in [3.05, 3.63) is 54.7 Å². The molecular formula is C25H27N4OS2. The summed E-state index contributed by atoms with van der Waals surface area (Å²) in [6.45, 7) is 5.44. The third-order valence-electron chi connectivity index (χ3n) is 5.89. The second kappa shape index (κ2) is 10.1. The maximum atomic E-state index is 5.51. The molecule has 2 aliphatic rings. The molecule has 7 heteroatoms. The van der Waals surface area contributed by atoms with Crippen molar-refractivity contribution in [3.63, 3.8) is 0 Å². The van der Waals surface area contributed by atoms with Crippen LogP contribution in [0.4, 0.5) is 11.5 Å². The Bertz CT molecular complexity index is 1030. The quantitative estimate of drug-likeness (QED) is 0.507. The van der Waals surface area contributed by atoms with E-state index in [2.05, 4.69) is 69.6 Å². The van der Waals surface area contributed by atoms with E-state index in [1.54, 1.807) is 11.8 Å². The van der Waals surface area contributed by atoms with Crippen LogP contribution in [-0.2, 0) is 4.74 Å². The Labute approximate surface area is 198 Å². The Morgan fingerprint density at radius 1 is 0.906 bits per heavy atom. The predicted octanol–water partition coefficient (Wildman–Crippen LogP) is 4.72. The van der Waals surface area contributed by atoms with Crippen LogP contribution in [0.15, 0.2) is 53.6 Å². The van der Waals surface area contributed by atoms with E-state index in [1.807, 2.05) is 18.0 Å². The summed E-state index contributed by atoms with van der Waals surface area (Å²) < 4.78 is 5.51. The first kappa shape index (κ1) is 21.6. The van der Waals surface area contributed by atoms with Crippen LogP contribution in [0.1, 0.15) is 0 Å². The number of hydrogen-bond donors (Lipinski definition) is 0. The van der Waals surface area contributed by atoms with E-state index in [4.69, 9.17) is 9.72 Å². The number of nitrogens with zero attached hydrogens (tertiary/aromatic N) is 4. The van der Waals surface area contributed by atoms with E-state index in [9.17, 15) is 0 Å². The maximum Gasteiger partial charge on any atom is 0.161 e. The van der Waals surface area contributed by atoms with E-state index >= 15 is 0 Å². The van der Waals surface area contributed by atoms with Gasteiger partial charge in [-0.3, -0.25) is 0 Å². The third-order valence-corrected chi connectivity index (χ3v) is 7.56. The second-order valence-electron chi connectivity index (χ2n) is 7.82. The number of ether oxygens (including phenoxy) is 1. The summed E-state index contributed by atoms with van der Waals surface area (Å²) in [6, 6.07) is 18.5. The molecule has 0 amide bonds. The molecule has 3 heterocycles. The Hall–Kier alpha value is -2.22. The minimum absolute atomic E-state index is 0.744. The first-order valence-corrected chi connectivity index (χ1v) is 13.4. The topological polar surface area (TPSA) is 41.5 Å². The SMILES string of the molecule is CSc1cnc(-c2ccc(-c3c[c]c(N4CCSCC4)cc3)cc2)nc1N1CCOCC1. The van der Waals surface area contributed by atoms with E-state index in [-0.39, 0.29) is 0 Å². The fraction of sp³-hybridized carbons (Fsp3) is 0.360. The molecule has 0 atom stereocenters. The summed E-state index contributed by atoms with van der Waals surface area (Å²) in [7, 11) is 0. The number of thioether (sulfide) groups is 2. The smallest absolute Gasteiger partial charge is 0.161 e. The molecule has 3 aromatic rings. The lowest BCUT2D eigenvalue weighted by atomic mass is 10.0. The van der Waals surface area contributed by atoms with Crippen LogP contribution >= 0.6 is 23.5 Å². The van der Waals surface area contributed by atoms with E-state index in [0.29, 0.717) is 0 Å². The normalized spacial score (nSPS) is 16.9. The Morgan fingerprint density at radius 3 is 2.31 bits per heavy atom. The standard InChI is InChI=1S/C25H27N4OS2/c1-31-23-18-26-24(27-25(23)29-10-14-30-15-11-29)21-4-2-19(3-5-21)20-6-8-22(9-7-20)28-12-16-32-17-13-28/h2-8,18H,10-17H2,1H3. The van der Waals surface area contributed by atoms with E-state index < -0.39 is 0 Å². The summed E-state index contributed by atoms with van der Waals surface area (Å²) in [5.41, 5.74) is 4.59. The van der Waals surface area contributed by atoms with Gasteiger partial charge >= 0.3 is 0 Å². The van der Waals surface area contributed by atoms with Crippen molar-refractivity contribution in [3.8, 4) is 22.5 Å². The van der Waals surface area contributed by atoms with Crippen LogP contribution in [-0.4, -0.2) is 67.1 Å². The Balaban J connectivity index is 1.35. The Kier molecular flexibility index (Phi) is 6.86. The molecule has 1 radical (unpaired) electrons. The minimum atomic E-state index is 0.744. The van der Waals surface area contributed by atoms with Crippen LogP contribution in [0, 0.1) is 6.07 Å². The van der Waals surface area contributed by atoms with Crippen molar-refractivity contribution in [1.29, 1.82) is 0 Å². The van der Waals surface area contributed by atoms with Crippen LogP contribution in [0.2, 0.25) is 0 Å². The fourth-order valence-corrected chi connectivity index (χ4v) is 5.47. The molecule has 0 spiro atoms. The molecule has 2 aromatic carbocycles. The highest BCUT2D eigenvalue weighted by atomic mass is 32.2. The molecule has 2 saturated heterocycles. The first-order chi connectivity index (χ1) is 15.8. The molecule has 2 aliphatic heterocycles. The zero-order chi connectivity index (χ0) is 21.8. The van der Waals surface area contributed by atoms with Crippen molar-refractivity contribution < 1.29 is 4.74 Å². The summed E-state index contributed by atoms with van der Waals surface area (Å²) in [5.74, 6) is 4.17. The van der Waals surface area contributed by atoms with Gasteiger partial charge in [0.05, 0.1) is 18.1 Å². The van der Waals surface area contributed by atoms with Crippen LogP contribution in [0.5, 0.6) is 0 Å². The van der Waals surface area contributed by atoms with Gasteiger partial charge in [-0.05, 0) is 29.5 Å². The van der Waals surface area contributed by atoms with Gasteiger partial charge in [-0.25, -0.2) is 9.97 Å². The van der Waals surface area contributed by atoms with Gasteiger partial charge in [0.15, 0.2) is 5.82 Å². The van der Waals surface area contributed by atoms with Crippen molar-refractivity contribution >= 4 is 35.0 Å². The number of anilines is 2. The molecule has 2 fully saturated rings. The second-order valence-corrected chi connectivity index (χ2v) is 9.90. The molecule has 0 saturated carbocycles. The van der Waals surface area contributed by atoms with Gasteiger partial charge in [-0.2, -0.15) is 11.8 Å². The van der Waals surface area contributed by atoms with Gasteiger partial charge < -0.3 is 14.5 Å². The summed E-state index contributed by atoms with van der Waals surface area (Å²) in [4.78, 5) is 15.4. The number of benzene rings is 2. The van der Waals surface area contributed by atoms with E-state index in [1.165, 1.54) is 28.3 Å². The predicted molar refractivity (Wildman–Crippen MR) is 136 cm³/mol. The molecule has 0 aliphatic carbocycles. The molecular weight excluding hydrogens is 436 g/mol. The van der Waals surface area contributed by atoms with Gasteiger partial charge in [-0.15, -0.1) is 11.8 Å². The average molecular weight is 464 g/mol. The van der Waals surface area contributed by atoms with Crippen molar-refractivity contribution in [2.24, 2.45) is 0 Å². The number of aromatic nitrogens is 2. The lowest BCUT2D eigenvalue weighted by molar-refractivity contribution is 0.122. The molecule has 0 N–H and O–H groups in total. The lowest BCUT2D eigenvalue weighted by Crippen LogP contribution is -2.37. The monoisotopic (exact) mass is 463 g/mol. The van der Waals surface area contributed by atoms with Crippen molar-refractivity contribution in [2.45, 2.75) is 4.90 Å². The largest absolute Gasteiger partial charge is 0.378 e. The zero-order valence-electron chi connectivity index (χ0n) is 18.3. The zero-order valence-corrected chi connectivity index (χ0v) is 19.9. The summed E-state index contributed by atoms with van der Waals surface area (Å²) in [5, 5.41) is 0. The molecule has 165 valence electrons. The maximum absolute atomic E-state index is 5.51. The molecule has 0 unspecified atom stereocenters. The molecule has 0 bridgehead atoms. The van der Waals surface area contributed by atoms with Gasteiger partial charge in [-0.1, -0.05) is 30.3 Å². The summed E-state index contributed by atoms with van der Waals surface area (Å²) in [6.07, 6.45) is 4.02. The van der Waals surface area contributed by atoms with Gasteiger partial charge in [0.2, 0.25) is 0 Å². The minimum Gasteiger partial charge on any atom is -0.378 e. The highest BCUT2D eigenvalue weighted by Crippen LogP contribution is 2.30. The summed E-state index contributed by atoms with van der Waals surface area (Å²) >= 11 is 3.72. The van der Waals surface area contributed by atoms with Crippen LogP contribution in [0.3, 0.4) is 0 Å². The van der Waals surface area contributed by atoms with Crippen LogP contribution < -0.4 is 9.80 Å². The van der Waals surface area contributed by atoms with Gasteiger partial charge in [0.1, 0.15) is 5.82 Å². The van der Waals surface area contributed by atoms with Crippen molar-refractivity contribution in [2.75, 3.05) is 67.0 Å². The third kappa shape index (κ3) is 4.75.